The predicted molar refractivity (Wildman–Crippen MR) is 60.7 cm³/mol. The summed E-state index contributed by atoms with van der Waals surface area (Å²) in [5.41, 5.74) is 1.32. The van der Waals surface area contributed by atoms with Crippen LogP contribution in [-0.2, 0) is 6.42 Å². The molecule has 0 radical (unpaired) electrons. The van der Waals surface area contributed by atoms with Crippen LogP contribution in [0.4, 0.5) is 4.39 Å². The number of alkyl halides is 1. The Labute approximate surface area is 90.7 Å². The lowest BCUT2D eigenvalue weighted by Gasteiger charge is -2.14. The summed E-state index contributed by atoms with van der Waals surface area (Å²) in [7, 11) is 0. The maximum atomic E-state index is 13.3. The molecule has 0 bridgehead atoms. The molecular weight excluding hydrogens is 189 g/mol. The number of hydrogen-bond acceptors (Lipinski definition) is 1. The molecule has 2 rings (SSSR count). The van der Waals surface area contributed by atoms with E-state index in [1.165, 1.54) is 5.56 Å². The first-order valence-electron chi connectivity index (χ1n) is 5.77. The molecule has 0 spiro atoms. The van der Waals surface area contributed by atoms with E-state index in [1.54, 1.807) is 0 Å². The van der Waals surface area contributed by atoms with Gasteiger partial charge in [0, 0.05) is 6.04 Å². The molecule has 1 aromatic rings. The normalized spacial score (nSPS) is 25.7. The van der Waals surface area contributed by atoms with Crippen molar-refractivity contribution < 1.29 is 4.39 Å². The van der Waals surface area contributed by atoms with Gasteiger partial charge in [-0.25, -0.2) is 4.39 Å². The van der Waals surface area contributed by atoms with Crippen molar-refractivity contribution in [1.82, 2.24) is 5.32 Å². The molecule has 1 nitrogen and oxygen atoms in total. The third-order valence-electron chi connectivity index (χ3n) is 3.09. The van der Waals surface area contributed by atoms with Gasteiger partial charge in [-0.3, -0.25) is 0 Å². The second-order valence-corrected chi connectivity index (χ2v) is 4.24. The van der Waals surface area contributed by atoms with E-state index < -0.39 is 6.17 Å². The van der Waals surface area contributed by atoms with Crippen LogP contribution in [0.15, 0.2) is 30.3 Å². The van der Waals surface area contributed by atoms with Crippen LogP contribution in [0.25, 0.3) is 0 Å². The zero-order valence-corrected chi connectivity index (χ0v) is 8.95. The monoisotopic (exact) mass is 207 g/mol. The molecule has 1 saturated carbocycles. The van der Waals surface area contributed by atoms with E-state index in [0.29, 0.717) is 0 Å². The summed E-state index contributed by atoms with van der Waals surface area (Å²) < 4.78 is 13.3. The number of rotatable bonds is 4. The Morgan fingerprint density at radius 3 is 2.67 bits per heavy atom. The van der Waals surface area contributed by atoms with E-state index in [4.69, 9.17) is 0 Å². The highest BCUT2D eigenvalue weighted by atomic mass is 19.1. The van der Waals surface area contributed by atoms with Gasteiger partial charge in [-0.2, -0.15) is 0 Å². The average Bonchev–Trinajstić information content (AvgIpc) is 2.66. The summed E-state index contributed by atoms with van der Waals surface area (Å²) in [6.45, 7) is 0.884. The van der Waals surface area contributed by atoms with Gasteiger partial charge in [0.1, 0.15) is 6.17 Å². The Bertz CT molecular complexity index is 286. The SMILES string of the molecule is F[C@@H]1CCC[C@H]1NCCc1ccccc1. The van der Waals surface area contributed by atoms with Crippen molar-refractivity contribution in [3.8, 4) is 0 Å². The highest BCUT2D eigenvalue weighted by molar-refractivity contribution is 5.14. The molecule has 0 unspecified atom stereocenters. The van der Waals surface area contributed by atoms with Crippen molar-refractivity contribution in [2.45, 2.75) is 37.9 Å². The highest BCUT2D eigenvalue weighted by Gasteiger charge is 2.25. The molecule has 0 saturated heterocycles. The summed E-state index contributed by atoms with van der Waals surface area (Å²) in [6.07, 6.45) is 3.13. The van der Waals surface area contributed by atoms with E-state index in [2.05, 4.69) is 17.4 Å². The predicted octanol–water partition coefficient (Wildman–Crippen LogP) is 2.71. The second kappa shape index (κ2) is 5.26. The van der Waals surface area contributed by atoms with Crippen molar-refractivity contribution in [1.29, 1.82) is 0 Å². The fourth-order valence-corrected chi connectivity index (χ4v) is 2.19. The summed E-state index contributed by atoms with van der Waals surface area (Å²) in [4.78, 5) is 0. The molecule has 0 aromatic heterocycles. The summed E-state index contributed by atoms with van der Waals surface area (Å²) >= 11 is 0. The third kappa shape index (κ3) is 3.03. The standard InChI is InChI=1S/C13H18FN/c14-12-7-4-8-13(12)15-10-9-11-5-2-1-3-6-11/h1-3,5-6,12-13,15H,4,7-10H2/t12-,13-/m1/s1. The van der Waals surface area contributed by atoms with Gasteiger partial charge in [-0.05, 0) is 37.8 Å². The van der Waals surface area contributed by atoms with Gasteiger partial charge in [-0.15, -0.1) is 0 Å². The zero-order chi connectivity index (χ0) is 10.5. The summed E-state index contributed by atoms with van der Waals surface area (Å²) in [5, 5.41) is 3.30. The van der Waals surface area contributed by atoms with Crippen molar-refractivity contribution >= 4 is 0 Å². The molecule has 2 heteroatoms. The summed E-state index contributed by atoms with van der Waals surface area (Å²) in [5.74, 6) is 0. The van der Waals surface area contributed by atoms with E-state index in [0.717, 1.165) is 32.2 Å². The number of hydrogen-bond donors (Lipinski definition) is 1. The van der Waals surface area contributed by atoms with Crippen LogP contribution < -0.4 is 5.32 Å². The topological polar surface area (TPSA) is 12.0 Å². The Morgan fingerprint density at radius 1 is 1.20 bits per heavy atom. The van der Waals surface area contributed by atoms with Gasteiger partial charge >= 0.3 is 0 Å². The van der Waals surface area contributed by atoms with Gasteiger partial charge in [0.15, 0.2) is 0 Å². The molecule has 1 aromatic carbocycles. The minimum absolute atomic E-state index is 0.105. The van der Waals surface area contributed by atoms with E-state index >= 15 is 0 Å². The number of halogens is 1. The average molecular weight is 207 g/mol. The van der Waals surface area contributed by atoms with Crippen molar-refractivity contribution in [3.63, 3.8) is 0 Å². The minimum Gasteiger partial charge on any atom is -0.311 e. The number of nitrogens with one attached hydrogen (secondary N) is 1. The van der Waals surface area contributed by atoms with Crippen molar-refractivity contribution in [2.75, 3.05) is 6.54 Å². The maximum absolute atomic E-state index is 13.3. The molecule has 1 aliphatic rings. The van der Waals surface area contributed by atoms with Gasteiger partial charge in [0.2, 0.25) is 0 Å². The Balaban J connectivity index is 1.71. The first-order chi connectivity index (χ1) is 7.36. The minimum atomic E-state index is -0.624. The van der Waals surface area contributed by atoms with Crippen molar-refractivity contribution in [3.05, 3.63) is 35.9 Å². The fraction of sp³-hybridized carbons (Fsp3) is 0.538. The molecule has 2 atom stereocenters. The molecule has 0 amide bonds. The molecule has 0 heterocycles. The van der Waals surface area contributed by atoms with Crippen LogP contribution in [0.2, 0.25) is 0 Å². The smallest absolute Gasteiger partial charge is 0.115 e. The zero-order valence-electron chi connectivity index (χ0n) is 8.95. The molecule has 1 aliphatic carbocycles. The van der Waals surface area contributed by atoms with Crippen LogP contribution >= 0.6 is 0 Å². The molecule has 1 fully saturated rings. The highest BCUT2D eigenvalue weighted by Crippen LogP contribution is 2.21. The van der Waals surface area contributed by atoms with Gasteiger partial charge in [-0.1, -0.05) is 30.3 Å². The molecule has 1 N–H and O–H groups in total. The Morgan fingerprint density at radius 2 is 2.00 bits per heavy atom. The van der Waals surface area contributed by atoms with Gasteiger partial charge in [0.05, 0.1) is 0 Å². The lowest BCUT2D eigenvalue weighted by atomic mass is 10.1. The number of benzene rings is 1. The molecule has 82 valence electrons. The van der Waals surface area contributed by atoms with Crippen LogP contribution in [0.5, 0.6) is 0 Å². The molecule has 15 heavy (non-hydrogen) atoms. The van der Waals surface area contributed by atoms with Gasteiger partial charge in [0.25, 0.3) is 0 Å². The Kier molecular flexibility index (Phi) is 3.73. The van der Waals surface area contributed by atoms with Crippen molar-refractivity contribution in [2.24, 2.45) is 0 Å². The molecule has 0 aliphatic heterocycles. The Hall–Kier alpha value is -0.890. The van der Waals surface area contributed by atoms with Crippen LogP contribution in [0.3, 0.4) is 0 Å². The van der Waals surface area contributed by atoms with Gasteiger partial charge < -0.3 is 5.32 Å². The molecular formula is C13H18FN. The van der Waals surface area contributed by atoms with Crippen LogP contribution in [0.1, 0.15) is 24.8 Å². The second-order valence-electron chi connectivity index (χ2n) is 4.24. The van der Waals surface area contributed by atoms with Crippen LogP contribution in [-0.4, -0.2) is 18.8 Å². The first-order valence-corrected chi connectivity index (χ1v) is 5.77. The van der Waals surface area contributed by atoms with E-state index in [-0.39, 0.29) is 6.04 Å². The fourth-order valence-electron chi connectivity index (χ4n) is 2.19. The van der Waals surface area contributed by atoms with Crippen LogP contribution in [0, 0.1) is 0 Å². The maximum Gasteiger partial charge on any atom is 0.115 e. The van der Waals surface area contributed by atoms with E-state index in [1.807, 2.05) is 18.2 Å². The largest absolute Gasteiger partial charge is 0.311 e. The lowest BCUT2D eigenvalue weighted by Crippen LogP contribution is -2.34. The first kappa shape index (κ1) is 10.6. The third-order valence-corrected chi connectivity index (χ3v) is 3.09. The van der Waals surface area contributed by atoms with E-state index in [9.17, 15) is 4.39 Å². The summed E-state index contributed by atoms with van der Waals surface area (Å²) in [6, 6.07) is 10.4. The quantitative estimate of drug-likeness (QED) is 0.800. The lowest BCUT2D eigenvalue weighted by molar-refractivity contribution is 0.281.